The summed E-state index contributed by atoms with van der Waals surface area (Å²) in [6, 6.07) is 5.79. The van der Waals surface area contributed by atoms with Gasteiger partial charge in [0, 0.05) is 13.2 Å². The molecule has 2 heterocycles. The Bertz CT molecular complexity index is 561. The van der Waals surface area contributed by atoms with Gasteiger partial charge in [-0.2, -0.15) is 5.10 Å². The minimum Gasteiger partial charge on any atom is -0.389 e. The maximum absolute atomic E-state index is 5.72. The molecule has 2 rings (SSSR count). The summed E-state index contributed by atoms with van der Waals surface area (Å²) in [7, 11) is 1.86. The third-order valence-corrected chi connectivity index (χ3v) is 2.84. The number of hydrogen-bond donors (Lipinski definition) is 2. The Morgan fingerprint density at radius 2 is 2.28 bits per heavy atom. The minimum absolute atomic E-state index is 0.351. The molecule has 0 saturated heterocycles. The van der Waals surface area contributed by atoms with Gasteiger partial charge in [0.05, 0.1) is 23.5 Å². The van der Waals surface area contributed by atoms with Crippen molar-refractivity contribution in [2.24, 2.45) is 12.8 Å². The van der Waals surface area contributed by atoms with Crippen LogP contribution in [0.15, 0.2) is 24.4 Å². The van der Waals surface area contributed by atoms with Crippen molar-refractivity contribution >= 4 is 23.0 Å². The third-order valence-electron chi connectivity index (χ3n) is 2.63. The average molecular weight is 261 g/mol. The molecular formula is C12H15N5S. The van der Waals surface area contributed by atoms with E-state index in [1.807, 2.05) is 32.2 Å². The molecule has 0 aliphatic rings. The molecule has 0 fully saturated rings. The lowest BCUT2D eigenvalue weighted by Crippen LogP contribution is -2.14. The predicted octanol–water partition coefficient (Wildman–Crippen LogP) is 1.37. The highest BCUT2D eigenvalue weighted by atomic mass is 32.1. The summed E-state index contributed by atoms with van der Waals surface area (Å²) in [6.45, 7) is 2.50. The van der Waals surface area contributed by atoms with E-state index in [9.17, 15) is 0 Å². The second-order valence-corrected chi connectivity index (χ2v) is 4.41. The highest BCUT2D eigenvalue weighted by Crippen LogP contribution is 2.19. The molecule has 0 spiro atoms. The number of thiocarbonyl (C=S) groups is 1. The Morgan fingerprint density at radius 3 is 2.89 bits per heavy atom. The first-order valence-electron chi connectivity index (χ1n) is 5.56. The molecule has 5 nitrogen and oxygen atoms in total. The summed E-state index contributed by atoms with van der Waals surface area (Å²) in [5, 5.41) is 7.58. The maximum atomic E-state index is 5.72. The summed E-state index contributed by atoms with van der Waals surface area (Å²) >= 11 is 5.05. The van der Waals surface area contributed by atoms with Crippen molar-refractivity contribution in [3.05, 3.63) is 41.3 Å². The normalized spacial score (nSPS) is 10.3. The van der Waals surface area contributed by atoms with Crippen molar-refractivity contribution in [3.8, 4) is 0 Å². The Balaban J connectivity index is 2.22. The molecular weight excluding hydrogens is 246 g/mol. The van der Waals surface area contributed by atoms with E-state index in [1.165, 1.54) is 0 Å². The third kappa shape index (κ3) is 2.48. The van der Waals surface area contributed by atoms with Crippen LogP contribution in [0.5, 0.6) is 0 Å². The van der Waals surface area contributed by atoms with Crippen LogP contribution in [0, 0.1) is 6.92 Å². The van der Waals surface area contributed by atoms with E-state index in [0.717, 1.165) is 22.8 Å². The number of aromatic nitrogens is 3. The summed E-state index contributed by atoms with van der Waals surface area (Å²) in [5.41, 5.74) is 8.29. The lowest BCUT2D eigenvalue weighted by atomic mass is 10.2. The fraction of sp³-hybridized carbons (Fsp3) is 0.250. The molecule has 0 bridgehead atoms. The number of anilines is 1. The number of hydrogen-bond acceptors (Lipinski definition) is 4. The minimum atomic E-state index is 0.351. The molecule has 94 valence electrons. The molecule has 2 aromatic heterocycles. The fourth-order valence-electron chi connectivity index (χ4n) is 1.83. The van der Waals surface area contributed by atoms with Crippen LogP contribution in [0.1, 0.15) is 17.0 Å². The molecule has 0 aliphatic carbocycles. The van der Waals surface area contributed by atoms with Gasteiger partial charge in [0.15, 0.2) is 0 Å². The van der Waals surface area contributed by atoms with E-state index < -0.39 is 0 Å². The first-order valence-corrected chi connectivity index (χ1v) is 5.97. The monoisotopic (exact) mass is 261 g/mol. The Morgan fingerprint density at radius 1 is 1.50 bits per heavy atom. The smallest absolute Gasteiger partial charge is 0.134 e. The van der Waals surface area contributed by atoms with Crippen LogP contribution in [0.2, 0.25) is 0 Å². The van der Waals surface area contributed by atoms with Crippen LogP contribution >= 0.6 is 12.2 Å². The van der Waals surface area contributed by atoms with Crippen LogP contribution in [0.25, 0.3) is 0 Å². The van der Waals surface area contributed by atoms with Crippen LogP contribution < -0.4 is 11.1 Å². The van der Waals surface area contributed by atoms with Crippen molar-refractivity contribution in [2.45, 2.75) is 13.5 Å². The lowest BCUT2D eigenvalue weighted by molar-refractivity contribution is 0.757. The second kappa shape index (κ2) is 5.14. The summed E-state index contributed by atoms with van der Waals surface area (Å²) in [6.07, 6.45) is 1.76. The van der Waals surface area contributed by atoms with Crippen LogP contribution in [0.4, 0.5) is 5.82 Å². The van der Waals surface area contributed by atoms with Gasteiger partial charge in [0.1, 0.15) is 10.8 Å². The fourth-order valence-corrected chi connectivity index (χ4v) is 2.08. The standard InChI is InChI=1S/C12H15N5S/c1-8-10(11(13)18)12(17(2)16-8)15-7-9-5-3-4-6-14-9/h3-6,15H,7H2,1-2H3,(H2,13,18). The van der Waals surface area contributed by atoms with Gasteiger partial charge in [-0.3, -0.25) is 9.67 Å². The van der Waals surface area contributed by atoms with E-state index in [1.54, 1.807) is 10.9 Å². The largest absolute Gasteiger partial charge is 0.389 e. The van der Waals surface area contributed by atoms with E-state index in [2.05, 4.69) is 15.4 Å². The van der Waals surface area contributed by atoms with Gasteiger partial charge in [-0.15, -0.1) is 0 Å². The number of pyridine rings is 1. The molecule has 0 amide bonds. The Hall–Kier alpha value is -1.95. The van der Waals surface area contributed by atoms with Crippen molar-refractivity contribution in [1.29, 1.82) is 0 Å². The van der Waals surface area contributed by atoms with Gasteiger partial charge < -0.3 is 11.1 Å². The van der Waals surface area contributed by atoms with Gasteiger partial charge in [0.25, 0.3) is 0 Å². The van der Waals surface area contributed by atoms with Crippen LogP contribution in [-0.2, 0) is 13.6 Å². The number of aryl methyl sites for hydroxylation is 2. The highest BCUT2D eigenvalue weighted by molar-refractivity contribution is 7.80. The molecule has 0 unspecified atom stereocenters. The highest BCUT2D eigenvalue weighted by Gasteiger charge is 2.15. The zero-order valence-electron chi connectivity index (χ0n) is 10.3. The van der Waals surface area contributed by atoms with Gasteiger partial charge in [0.2, 0.25) is 0 Å². The zero-order valence-corrected chi connectivity index (χ0v) is 11.2. The number of nitrogens with one attached hydrogen (secondary N) is 1. The topological polar surface area (TPSA) is 68.8 Å². The van der Waals surface area contributed by atoms with E-state index in [-0.39, 0.29) is 0 Å². The molecule has 0 aliphatic heterocycles. The SMILES string of the molecule is Cc1nn(C)c(NCc2ccccn2)c1C(N)=S. The molecule has 0 saturated carbocycles. The maximum Gasteiger partial charge on any atom is 0.134 e. The number of rotatable bonds is 4. The predicted molar refractivity (Wildman–Crippen MR) is 75.4 cm³/mol. The van der Waals surface area contributed by atoms with Crippen molar-refractivity contribution < 1.29 is 0 Å². The number of nitrogens with zero attached hydrogens (tertiary/aromatic N) is 3. The molecule has 0 atom stereocenters. The quantitative estimate of drug-likeness (QED) is 0.814. The molecule has 3 N–H and O–H groups in total. The lowest BCUT2D eigenvalue weighted by Gasteiger charge is -2.08. The first-order chi connectivity index (χ1) is 8.59. The Kier molecular flexibility index (Phi) is 3.57. The Labute approximate surface area is 111 Å². The first kappa shape index (κ1) is 12.5. The molecule has 18 heavy (non-hydrogen) atoms. The molecule has 2 aromatic rings. The van der Waals surface area contributed by atoms with Crippen molar-refractivity contribution in [3.63, 3.8) is 0 Å². The zero-order chi connectivity index (χ0) is 13.1. The summed E-state index contributed by atoms with van der Waals surface area (Å²) in [5.74, 6) is 0.825. The summed E-state index contributed by atoms with van der Waals surface area (Å²) < 4.78 is 1.74. The van der Waals surface area contributed by atoms with E-state index in [4.69, 9.17) is 18.0 Å². The summed E-state index contributed by atoms with van der Waals surface area (Å²) in [4.78, 5) is 4.60. The van der Waals surface area contributed by atoms with Gasteiger partial charge in [-0.1, -0.05) is 18.3 Å². The van der Waals surface area contributed by atoms with E-state index in [0.29, 0.717) is 11.5 Å². The second-order valence-electron chi connectivity index (χ2n) is 3.97. The molecule has 6 heteroatoms. The van der Waals surface area contributed by atoms with Crippen molar-refractivity contribution in [1.82, 2.24) is 14.8 Å². The van der Waals surface area contributed by atoms with Crippen molar-refractivity contribution in [2.75, 3.05) is 5.32 Å². The molecule has 0 radical (unpaired) electrons. The van der Waals surface area contributed by atoms with Crippen LogP contribution in [0.3, 0.4) is 0 Å². The number of nitrogens with two attached hydrogens (primary N) is 1. The van der Waals surface area contributed by atoms with Gasteiger partial charge in [-0.05, 0) is 19.1 Å². The van der Waals surface area contributed by atoms with Gasteiger partial charge in [-0.25, -0.2) is 0 Å². The average Bonchev–Trinajstić information content (AvgIpc) is 2.62. The molecule has 0 aromatic carbocycles. The van der Waals surface area contributed by atoms with Crippen LogP contribution in [-0.4, -0.2) is 19.8 Å². The van der Waals surface area contributed by atoms with E-state index >= 15 is 0 Å². The van der Waals surface area contributed by atoms with Gasteiger partial charge >= 0.3 is 0 Å².